The zero-order valence-corrected chi connectivity index (χ0v) is 12.1. The van der Waals surface area contributed by atoms with Crippen LogP contribution >= 0.6 is 0 Å². The van der Waals surface area contributed by atoms with Crippen LogP contribution in [-0.4, -0.2) is 19.6 Å². The van der Waals surface area contributed by atoms with Gasteiger partial charge in [0, 0.05) is 11.3 Å². The number of anilines is 1. The van der Waals surface area contributed by atoms with Crippen molar-refractivity contribution in [3.8, 4) is 11.5 Å². The van der Waals surface area contributed by atoms with Crippen LogP contribution < -0.4 is 14.4 Å². The molecule has 0 radical (unpaired) electrons. The van der Waals surface area contributed by atoms with Crippen LogP contribution in [0.5, 0.6) is 11.5 Å². The van der Waals surface area contributed by atoms with Crippen molar-refractivity contribution in [2.75, 3.05) is 18.6 Å². The minimum atomic E-state index is -0.0582. The lowest BCUT2D eigenvalue weighted by atomic mass is 10.1. The van der Waals surface area contributed by atoms with E-state index in [9.17, 15) is 4.79 Å². The monoisotopic (exact) mass is 283 g/mol. The summed E-state index contributed by atoms with van der Waals surface area (Å²) in [6.45, 7) is 2.52. The van der Waals surface area contributed by atoms with Crippen molar-refractivity contribution in [2.24, 2.45) is 0 Å². The predicted molar refractivity (Wildman–Crippen MR) is 80.9 cm³/mol. The lowest BCUT2D eigenvalue weighted by Crippen LogP contribution is -2.32. The van der Waals surface area contributed by atoms with Gasteiger partial charge in [0.1, 0.15) is 0 Å². The number of ether oxygens (including phenoxy) is 2. The molecule has 4 nitrogen and oxygen atoms in total. The van der Waals surface area contributed by atoms with E-state index in [-0.39, 0.29) is 12.5 Å². The van der Waals surface area contributed by atoms with Crippen LogP contribution in [-0.2, 0) is 11.3 Å². The van der Waals surface area contributed by atoms with E-state index in [4.69, 9.17) is 9.47 Å². The number of benzene rings is 2. The molecule has 0 saturated carbocycles. The second-order valence-corrected chi connectivity index (χ2v) is 5.05. The molecular weight excluding hydrogens is 266 g/mol. The number of nitrogens with zero attached hydrogens (tertiary/aromatic N) is 1. The Hall–Kier alpha value is -2.49. The average molecular weight is 283 g/mol. The third-order valence-corrected chi connectivity index (χ3v) is 3.60. The average Bonchev–Trinajstić information content (AvgIpc) is 2.67. The lowest BCUT2D eigenvalue weighted by molar-refractivity contribution is -0.120. The molecule has 0 fully saturated rings. The summed E-state index contributed by atoms with van der Waals surface area (Å²) < 4.78 is 10.9. The largest absolute Gasteiger partial charge is 0.493 e. The topological polar surface area (TPSA) is 38.8 Å². The number of hydrogen-bond donors (Lipinski definition) is 0. The Kier molecular flexibility index (Phi) is 3.52. The van der Waals surface area contributed by atoms with Gasteiger partial charge >= 0.3 is 0 Å². The van der Waals surface area contributed by atoms with Crippen LogP contribution in [0.25, 0.3) is 0 Å². The smallest absolute Gasteiger partial charge is 0.265 e. The van der Waals surface area contributed by atoms with Crippen molar-refractivity contribution in [3.05, 3.63) is 53.6 Å². The van der Waals surface area contributed by atoms with E-state index in [0.29, 0.717) is 18.0 Å². The highest BCUT2D eigenvalue weighted by Gasteiger charge is 2.24. The Morgan fingerprint density at radius 1 is 1.14 bits per heavy atom. The highest BCUT2D eigenvalue weighted by atomic mass is 16.5. The first kappa shape index (κ1) is 13.5. The fraction of sp³-hybridized carbons (Fsp3) is 0.235. The number of carbonyl (C=O) groups is 1. The van der Waals surface area contributed by atoms with Gasteiger partial charge in [-0.15, -0.1) is 0 Å². The standard InChI is InChI=1S/C17H17NO3/c1-12-6-8-14(9-7-12)18-10-13-4-3-5-15(20-2)17(13)21-11-16(18)19/h3-9H,10-11H2,1-2H3. The second-order valence-electron chi connectivity index (χ2n) is 5.05. The lowest BCUT2D eigenvalue weighted by Gasteiger charge is -2.20. The number of para-hydroxylation sites is 1. The molecule has 1 heterocycles. The Morgan fingerprint density at radius 2 is 1.90 bits per heavy atom. The summed E-state index contributed by atoms with van der Waals surface area (Å²) >= 11 is 0. The first-order valence-corrected chi connectivity index (χ1v) is 6.85. The molecule has 0 atom stereocenters. The molecule has 3 rings (SSSR count). The molecule has 0 saturated heterocycles. The molecule has 2 aromatic carbocycles. The maximum absolute atomic E-state index is 12.3. The van der Waals surface area contributed by atoms with Crippen molar-refractivity contribution < 1.29 is 14.3 Å². The maximum Gasteiger partial charge on any atom is 0.265 e. The zero-order valence-electron chi connectivity index (χ0n) is 12.1. The van der Waals surface area contributed by atoms with E-state index in [1.54, 1.807) is 12.0 Å². The van der Waals surface area contributed by atoms with Gasteiger partial charge < -0.3 is 14.4 Å². The van der Waals surface area contributed by atoms with Gasteiger partial charge in [0.15, 0.2) is 18.1 Å². The Bertz CT molecular complexity index is 664. The summed E-state index contributed by atoms with van der Waals surface area (Å²) in [6.07, 6.45) is 0. The van der Waals surface area contributed by atoms with Crippen LogP contribution in [0.4, 0.5) is 5.69 Å². The van der Waals surface area contributed by atoms with E-state index in [0.717, 1.165) is 11.3 Å². The van der Waals surface area contributed by atoms with Gasteiger partial charge in [-0.05, 0) is 25.1 Å². The molecule has 0 aliphatic carbocycles. The fourth-order valence-electron chi connectivity index (χ4n) is 2.44. The summed E-state index contributed by atoms with van der Waals surface area (Å²) in [6, 6.07) is 13.6. The summed E-state index contributed by atoms with van der Waals surface area (Å²) in [5.41, 5.74) is 2.99. The molecule has 1 aliphatic rings. The third kappa shape index (κ3) is 2.57. The Labute approximate surface area is 123 Å². The van der Waals surface area contributed by atoms with E-state index < -0.39 is 0 Å². The molecule has 1 amide bonds. The van der Waals surface area contributed by atoms with Gasteiger partial charge in [-0.25, -0.2) is 0 Å². The van der Waals surface area contributed by atoms with Crippen molar-refractivity contribution in [1.82, 2.24) is 0 Å². The van der Waals surface area contributed by atoms with E-state index in [2.05, 4.69) is 0 Å². The van der Waals surface area contributed by atoms with E-state index in [1.165, 1.54) is 5.56 Å². The molecule has 0 bridgehead atoms. The second kappa shape index (κ2) is 5.48. The number of aryl methyl sites for hydroxylation is 1. The SMILES string of the molecule is COc1cccc2c1OCC(=O)N(c1ccc(C)cc1)C2. The number of fused-ring (bicyclic) bond motifs is 1. The summed E-state index contributed by atoms with van der Waals surface area (Å²) in [4.78, 5) is 14.1. The number of hydrogen-bond acceptors (Lipinski definition) is 3. The highest BCUT2D eigenvalue weighted by molar-refractivity contribution is 5.95. The summed E-state index contributed by atoms with van der Waals surface area (Å²) in [7, 11) is 1.60. The molecule has 0 unspecified atom stereocenters. The van der Waals surface area contributed by atoms with Crippen molar-refractivity contribution in [1.29, 1.82) is 0 Å². The number of methoxy groups -OCH3 is 1. The summed E-state index contributed by atoms with van der Waals surface area (Å²) in [5, 5.41) is 0. The van der Waals surface area contributed by atoms with Crippen molar-refractivity contribution in [2.45, 2.75) is 13.5 Å². The van der Waals surface area contributed by atoms with Crippen LogP contribution in [0.1, 0.15) is 11.1 Å². The quantitative estimate of drug-likeness (QED) is 0.850. The Morgan fingerprint density at radius 3 is 2.62 bits per heavy atom. The molecule has 4 heteroatoms. The van der Waals surface area contributed by atoms with Crippen LogP contribution in [0, 0.1) is 6.92 Å². The van der Waals surface area contributed by atoms with Gasteiger partial charge in [-0.1, -0.05) is 29.8 Å². The van der Waals surface area contributed by atoms with Crippen LogP contribution in [0.15, 0.2) is 42.5 Å². The van der Waals surface area contributed by atoms with E-state index >= 15 is 0 Å². The molecule has 1 aliphatic heterocycles. The first-order chi connectivity index (χ1) is 10.2. The molecule has 21 heavy (non-hydrogen) atoms. The molecule has 0 N–H and O–H groups in total. The minimum Gasteiger partial charge on any atom is -0.493 e. The predicted octanol–water partition coefficient (Wildman–Crippen LogP) is 2.93. The third-order valence-electron chi connectivity index (χ3n) is 3.60. The van der Waals surface area contributed by atoms with Gasteiger partial charge in [0.2, 0.25) is 0 Å². The maximum atomic E-state index is 12.3. The van der Waals surface area contributed by atoms with Gasteiger partial charge in [0.05, 0.1) is 13.7 Å². The molecule has 0 spiro atoms. The fourth-order valence-corrected chi connectivity index (χ4v) is 2.44. The highest BCUT2D eigenvalue weighted by Crippen LogP contribution is 2.34. The molecule has 2 aromatic rings. The van der Waals surface area contributed by atoms with Crippen LogP contribution in [0.3, 0.4) is 0 Å². The van der Waals surface area contributed by atoms with E-state index in [1.807, 2.05) is 49.4 Å². The number of amides is 1. The van der Waals surface area contributed by atoms with Crippen molar-refractivity contribution in [3.63, 3.8) is 0 Å². The molecular formula is C17H17NO3. The zero-order chi connectivity index (χ0) is 14.8. The van der Waals surface area contributed by atoms with Gasteiger partial charge in [-0.2, -0.15) is 0 Å². The summed E-state index contributed by atoms with van der Waals surface area (Å²) in [5.74, 6) is 1.26. The minimum absolute atomic E-state index is 0.0151. The van der Waals surface area contributed by atoms with Gasteiger partial charge in [-0.3, -0.25) is 4.79 Å². The normalized spacial score (nSPS) is 14.2. The molecule has 0 aromatic heterocycles. The first-order valence-electron chi connectivity index (χ1n) is 6.85. The molecule has 108 valence electrons. The van der Waals surface area contributed by atoms with Crippen molar-refractivity contribution >= 4 is 11.6 Å². The number of rotatable bonds is 2. The Balaban J connectivity index is 1.99. The number of carbonyl (C=O) groups excluding carboxylic acids is 1. The van der Waals surface area contributed by atoms with Crippen LogP contribution in [0.2, 0.25) is 0 Å². The van der Waals surface area contributed by atoms with Gasteiger partial charge in [0.25, 0.3) is 5.91 Å².